The van der Waals surface area contributed by atoms with Crippen LogP contribution in [0.25, 0.3) is 0 Å². The Kier molecular flexibility index (Phi) is 8.57. The lowest BCUT2D eigenvalue weighted by Crippen LogP contribution is -2.80. The predicted octanol–water partition coefficient (Wildman–Crippen LogP) is 1.52. The van der Waals surface area contributed by atoms with E-state index in [4.69, 9.17) is 0 Å². The summed E-state index contributed by atoms with van der Waals surface area (Å²) in [6, 6.07) is 1.40. The molecule has 0 aromatic rings. The van der Waals surface area contributed by atoms with E-state index in [9.17, 15) is 0 Å². The van der Waals surface area contributed by atoms with E-state index < -0.39 is 16.8 Å². The molecule has 0 unspecified atom stereocenters. The molecule has 0 spiro atoms. The summed E-state index contributed by atoms with van der Waals surface area (Å²) in [6.07, 6.45) is 1.29. The summed E-state index contributed by atoms with van der Waals surface area (Å²) in [5.41, 5.74) is 0. The van der Waals surface area contributed by atoms with E-state index in [0.717, 1.165) is 19.6 Å². The van der Waals surface area contributed by atoms with Crippen molar-refractivity contribution in [2.45, 2.75) is 46.0 Å². The van der Waals surface area contributed by atoms with Crippen molar-refractivity contribution in [3.05, 3.63) is 0 Å². The zero-order chi connectivity index (χ0) is 14.2. The SMILES string of the molecule is CCN(CC)[Si](NC)(NC)NCCC[Si](C)(C)C. The first kappa shape index (κ1) is 18.3. The number of nitrogens with one attached hydrogen (secondary N) is 3. The molecule has 0 fully saturated rings. The fraction of sp³-hybridized carbons (Fsp3) is 1.00. The van der Waals surface area contributed by atoms with Crippen molar-refractivity contribution in [1.29, 1.82) is 0 Å². The van der Waals surface area contributed by atoms with E-state index >= 15 is 0 Å². The normalized spacial score (nSPS) is 13.3. The molecule has 0 saturated carbocycles. The van der Waals surface area contributed by atoms with Crippen molar-refractivity contribution in [3.63, 3.8) is 0 Å². The van der Waals surface area contributed by atoms with Crippen LogP contribution in [-0.4, -0.2) is 55.1 Å². The van der Waals surface area contributed by atoms with Gasteiger partial charge in [0.25, 0.3) is 0 Å². The van der Waals surface area contributed by atoms with Crippen molar-refractivity contribution >= 4 is 16.8 Å². The maximum Gasteiger partial charge on any atom is 0.368 e. The van der Waals surface area contributed by atoms with Gasteiger partial charge in [-0.3, -0.25) is 4.57 Å². The highest BCUT2D eigenvalue weighted by atomic mass is 28.4. The Morgan fingerprint density at radius 1 is 0.944 bits per heavy atom. The molecule has 4 nitrogen and oxygen atoms in total. The lowest BCUT2D eigenvalue weighted by Gasteiger charge is -2.40. The maximum atomic E-state index is 3.77. The highest BCUT2D eigenvalue weighted by molar-refractivity contribution is 6.76. The minimum absolute atomic E-state index is 0.897. The highest BCUT2D eigenvalue weighted by Gasteiger charge is 2.36. The van der Waals surface area contributed by atoms with Crippen LogP contribution in [0.1, 0.15) is 20.3 Å². The van der Waals surface area contributed by atoms with Crippen LogP contribution in [-0.2, 0) is 0 Å². The van der Waals surface area contributed by atoms with Crippen LogP contribution in [0.2, 0.25) is 25.7 Å². The van der Waals surface area contributed by atoms with E-state index in [-0.39, 0.29) is 0 Å². The Morgan fingerprint density at radius 3 is 1.78 bits per heavy atom. The van der Waals surface area contributed by atoms with Gasteiger partial charge in [0.15, 0.2) is 0 Å². The predicted molar refractivity (Wildman–Crippen MR) is 87.6 cm³/mol. The fourth-order valence-corrected chi connectivity index (χ4v) is 6.50. The molecule has 0 aliphatic rings. The first-order chi connectivity index (χ1) is 8.35. The first-order valence-corrected chi connectivity index (χ1v) is 12.9. The summed E-state index contributed by atoms with van der Waals surface area (Å²) in [7, 11) is 1.36. The second-order valence-corrected chi connectivity index (χ2v) is 15.0. The average Bonchev–Trinajstić information content (AvgIpc) is 2.32. The van der Waals surface area contributed by atoms with Crippen molar-refractivity contribution in [3.8, 4) is 0 Å². The van der Waals surface area contributed by atoms with Crippen LogP contribution in [0.3, 0.4) is 0 Å². The second kappa shape index (κ2) is 8.45. The van der Waals surface area contributed by atoms with Crippen LogP contribution in [0.15, 0.2) is 0 Å². The molecule has 0 aliphatic carbocycles. The van der Waals surface area contributed by atoms with Crippen LogP contribution in [0.4, 0.5) is 0 Å². The van der Waals surface area contributed by atoms with Gasteiger partial charge in [-0.15, -0.1) is 0 Å². The summed E-state index contributed by atoms with van der Waals surface area (Å²) < 4.78 is 2.50. The molecular formula is C12H34N4Si2. The van der Waals surface area contributed by atoms with Gasteiger partial charge < -0.3 is 14.9 Å². The number of rotatable bonds is 10. The molecular weight excluding hydrogens is 256 g/mol. The minimum atomic E-state index is -1.87. The fourth-order valence-electron chi connectivity index (χ4n) is 2.32. The smallest absolute Gasteiger partial charge is 0.303 e. The molecule has 0 aromatic carbocycles. The number of hydrogen-bond acceptors (Lipinski definition) is 4. The standard InChI is InChI=1S/C12H34N4Si2/c1-8-16(9-2)18(13-3,14-4)15-11-10-12-17(5,6)7/h13-15H,8-12H2,1-7H3. The summed E-state index contributed by atoms with van der Waals surface area (Å²) >= 11 is 0. The summed E-state index contributed by atoms with van der Waals surface area (Å²) in [6.45, 7) is 15.0. The van der Waals surface area contributed by atoms with E-state index in [1.807, 2.05) is 0 Å². The molecule has 0 aliphatic heterocycles. The van der Waals surface area contributed by atoms with E-state index in [1.165, 1.54) is 12.5 Å². The van der Waals surface area contributed by atoms with Crippen LogP contribution in [0, 0.1) is 0 Å². The Hall–Kier alpha value is 0.274. The lowest BCUT2D eigenvalue weighted by molar-refractivity contribution is 0.422. The molecule has 0 saturated heterocycles. The topological polar surface area (TPSA) is 39.3 Å². The van der Waals surface area contributed by atoms with Crippen LogP contribution >= 0.6 is 0 Å². The molecule has 6 heteroatoms. The van der Waals surface area contributed by atoms with Gasteiger partial charge >= 0.3 is 8.72 Å². The quantitative estimate of drug-likeness (QED) is 0.421. The minimum Gasteiger partial charge on any atom is -0.303 e. The molecule has 0 radical (unpaired) electrons. The second-order valence-electron chi connectivity index (χ2n) is 5.97. The molecule has 110 valence electrons. The molecule has 0 heterocycles. The first-order valence-electron chi connectivity index (χ1n) is 7.23. The van der Waals surface area contributed by atoms with Crippen LogP contribution < -0.4 is 14.9 Å². The van der Waals surface area contributed by atoms with E-state index in [0.29, 0.717) is 0 Å². The van der Waals surface area contributed by atoms with Crippen molar-refractivity contribution in [1.82, 2.24) is 19.5 Å². The Bertz CT molecular complexity index is 211. The summed E-state index contributed by atoms with van der Waals surface area (Å²) in [5, 5.41) is 0. The summed E-state index contributed by atoms with van der Waals surface area (Å²) in [4.78, 5) is 10.8. The zero-order valence-electron chi connectivity index (χ0n) is 13.5. The monoisotopic (exact) mass is 290 g/mol. The van der Waals surface area contributed by atoms with Gasteiger partial charge in [-0.25, -0.2) is 0 Å². The lowest BCUT2D eigenvalue weighted by atomic mass is 10.5. The molecule has 0 amide bonds. The van der Waals surface area contributed by atoms with Crippen molar-refractivity contribution in [2.24, 2.45) is 0 Å². The molecule has 0 bridgehead atoms. The third-order valence-electron chi connectivity index (χ3n) is 3.45. The van der Waals surface area contributed by atoms with Crippen molar-refractivity contribution in [2.75, 3.05) is 33.7 Å². The summed E-state index contributed by atoms with van der Waals surface area (Å²) in [5.74, 6) is 0. The van der Waals surface area contributed by atoms with Gasteiger partial charge in [-0.2, -0.15) is 0 Å². The molecule has 3 N–H and O–H groups in total. The van der Waals surface area contributed by atoms with Gasteiger partial charge in [0.1, 0.15) is 0 Å². The number of hydrogen-bond donors (Lipinski definition) is 3. The zero-order valence-corrected chi connectivity index (χ0v) is 15.5. The Morgan fingerprint density at radius 2 is 1.44 bits per heavy atom. The molecule has 0 rings (SSSR count). The third-order valence-corrected chi connectivity index (χ3v) is 9.09. The van der Waals surface area contributed by atoms with Gasteiger partial charge in [0.05, 0.1) is 0 Å². The van der Waals surface area contributed by atoms with E-state index in [2.05, 4.69) is 67.1 Å². The Labute approximate surface area is 116 Å². The van der Waals surface area contributed by atoms with Gasteiger partial charge in [0.2, 0.25) is 0 Å². The van der Waals surface area contributed by atoms with Gasteiger partial charge in [0, 0.05) is 8.07 Å². The van der Waals surface area contributed by atoms with Gasteiger partial charge in [-0.05, 0) is 40.2 Å². The van der Waals surface area contributed by atoms with Gasteiger partial charge in [-0.1, -0.05) is 39.5 Å². The molecule has 18 heavy (non-hydrogen) atoms. The number of nitrogens with zero attached hydrogens (tertiary/aromatic N) is 1. The average molecular weight is 291 g/mol. The largest absolute Gasteiger partial charge is 0.368 e. The van der Waals surface area contributed by atoms with E-state index in [1.54, 1.807) is 0 Å². The third kappa shape index (κ3) is 5.94. The molecule has 0 aromatic heterocycles. The Balaban J connectivity index is 4.35. The molecule has 0 atom stereocenters. The van der Waals surface area contributed by atoms with Crippen molar-refractivity contribution < 1.29 is 0 Å². The van der Waals surface area contributed by atoms with Crippen LogP contribution in [0.5, 0.6) is 0 Å². The maximum absolute atomic E-state index is 3.77. The highest BCUT2D eigenvalue weighted by Crippen LogP contribution is 2.10.